The van der Waals surface area contributed by atoms with E-state index in [1.165, 1.54) is 0 Å². The molecular weight excluding hydrogens is 494 g/mol. The number of amides is 1. The number of phenolic OH excluding ortho intramolecular Hbond substituents is 1. The maximum absolute atomic E-state index is 13.7. The van der Waals surface area contributed by atoms with Crippen LogP contribution in [0.1, 0.15) is 60.3 Å². The van der Waals surface area contributed by atoms with Crippen LogP contribution in [0, 0.1) is 0 Å². The molecule has 0 saturated carbocycles. The van der Waals surface area contributed by atoms with E-state index in [0.717, 1.165) is 24.8 Å². The predicted molar refractivity (Wildman–Crippen MR) is 139 cm³/mol. The lowest BCUT2D eigenvalue weighted by Crippen LogP contribution is -2.40. The molecule has 2 N–H and O–H groups in total. The molecule has 0 radical (unpaired) electrons. The second-order valence-electron chi connectivity index (χ2n) is 9.52. The topological polar surface area (TPSA) is 122 Å². The summed E-state index contributed by atoms with van der Waals surface area (Å²) in [5.41, 5.74) is 2.59. The molecular formula is C27H31N3O6S. The number of hydrogen-bond acceptors (Lipinski definition) is 7. The van der Waals surface area contributed by atoms with Gasteiger partial charge < -0.3 is 19.5 Å². The third-order valence-corrected chi connectivity index (χ3v) is 8.82. The van der Waals surface area contributed by atoms with Crippen LogP contribution in [-0.2, 0) is 9.84 Å². The molecule has 9 nitrogen and oxygen atoms in total. The number of nitrogens with one attached hydrogen (secondary N) is 1. The van der Waals surface area contributed by atoms with Crippen LogP contribution in [0.25, 0.3) is 11.3 Å². The summed E-state index contributed by atoms with van der Waals surface area (Å²) >= 11 is 0. The Morgan fingerprint density at radius 2 is 1.97 bits per heavy atom. The zero-order valence-electron chi connectivity index (χ0n) is 20.9. The van der Waals surface area contributed by atoms with E-state index < -0.39 is 21.9 Å². The highest BCUT2D eigenvalue weighted by Crippen LogP contribution is 2.47. The second-order valence-corrected chi connectivity index (χ2v) is 11.7. The van der Waals surface area contributed by atoms with Crippen molar-refractivity contribution in [3.05, 3.63) is 59.3 Å². The van der Waals surface area contributed by atoms with Crippen molar-refractivity contribution in [2.24, 2.45) is 0 Å². The molecule has 5 rings (SSSR count). The first-order chi connectivity index (χ1) is 17.8. The lowest BCUT2D eigenvalue weighted by Gasteiger charge is -2.31. The lowest BCUT2D eigenvalue weighted by atomic mass is 9.94. The highest BCUT2D eigenvalue weighted by Gasteiger charge is 2.48. The number of H-pyrrole nitrogens is 1. The van der Waals surface area contributed by atoms with Crippen LogP contribution in [0.3, 0.4) is 0 Å². The van der Waals surface area contributed by atoms with Gasteiger partial charge in [0.1, 0.15) is 17.1 Å². The fourth-order valence-electron chi connectivity index (χ4n) is 5.25. The largest absolute Gasteiger partial charge is 0.507 e. The van der Waals surface area contributed by atoms with Gasteiger partial charge in [0.15, 0.2) is 21.3 Å². The number of fused-ring (bicyclic) bond motifs is 1. The minimum Gasteiger partial charge on any atom is -0.507 e. The molecule has 2 unspecified atom stereocenters. The van der Waals surface area contributed by atoms with Gasteiger partial charge in [-0.3, -0.25) is 9.89 Å². The molecule has 1 aromatic heterocycles. The van der Waals surface area contributed by atoms with E-state index in [4.69, 9.17) is 9.47 Å². The molecule has 10 heteroatoms. The smallest absolute Gasteiger partial charge is 0.273 e. The quantitative estimate of drug-likeness (QED) is 0.404. The van der Waals surface area contributed by atoms with Gasteiger partial charge in [-0.15, -0.1) is 0 Å². The van der Waals surface area contributed by atoms with Crippen LogP contribution in [0.15, 0.2) is 42.5 Å². The Bertz CT molecular complexity index is 1420. The second kappa shape index (κ2) is 10.1. The number of sulfone groups is 1. The van der Waals surface area contributed by atoms with Crippen molar-refractivity contribution in [1.82, 2.24) is 15.1 Å². The van der Waals surface area contributed by atoms with Gasteiger partial charge in [-0.2, -0.15) is 5.10 Å². The van der Waals surface area contributed by atoms with Gasteiger partial charge in [0.25, 0.3) is 5.91 Å². The van der Waals surface area contributed by atoms with Crippen molar-refractivity contribution in [3.8, 4) is 28.5 Å². The molecule has 3 heterocycles. The van der Waals surface area contributed by atoms with Crippen LogP contribution in [0.2, 0.25) is 0 Å². The molecule has 2 aliphatic rings. The molecule has 1 saturated heterocycles. The Kier molecular flexibility index (Phi) is 6.85. The number of benzene rings is 2. The number of rotatable bonds is 9. The zero-order chi connectivity index (χ0) is 26.2. The highest BCUT2D eigenvalue weighted by atomic mass is 32.2. The van der Waals surface area contributed by atoms with Crippen molar-refractivity contribution in [2.45, 2.75) is 44.7 Å². The van der Waals surface area contributed by atoms with E-state index in [9.17, 15) is 18.3 Å². The molecule has 0 aliphatic carbocycles. The Morgan fingerprint density at radius 1 is 1.16 bits per heavy atom. The van der Waals surface area contributed by atoms with Gasteiger partial charge in [0.2, 0.25) is 0 Å². The number of carbonyl (C=O) groups excluding carboxylic acids is 1. The van der Waals surface area contributed by atoms with Crippen molar-refractivity contribution in [1.29, 1.82) is 0 Å². The zero-order valence-corrected chi connectivity index (χ0v) is 21.8. The first-order valence-corrected chi connectivity index (χ1v) is 14.4. The van der Waals surface area contributed by atoms with E-state index in [0.29, 0.717) is 47.0 Å². The molecule has 1 amide bonds. The van der Waals surface area contributed by atoms with Gasteiger partial charge in [0.05, 0.1) is 31.3 Å². The first-order valence-electron chi connectivity index (χ1n) is 12.5. The lowest BCUT2D eigenvalue weighted by molar-refractivity contribution is 0.0677. The maximum Gasteiger partial charge on any atom is 0.273 e. The van der Waals surface area contributed by atoms with E-state index in [-0.39, 0.29) is 23.2 Å². The summed E-state index contributed by atoms with van der Waals surface area (Å²) < 4.78 is 36.3. The number of aromatic hydroxyl groups is 1. The van der Waals surface area contributed by atoms with E-state index in [1.807, 2.05) is 18.2 Å². The Hall–Kier alpha value is -3.53. The number of aromatic amines is 1. The van der Waals surface area contributed by atoms with Crippen LogP contribution < -0.4 is 9.47 Å². The third kappa shape index (κ3) is 4.66. The molecule has 2 atom stereocenters. The summed E-state index contributed by atoms with van der Waals surface area (Å²) in [6, 6.07) is 11.3. The van der Waals surface area contributed by atoms with Gasteiger partial charge in [-0.05, 0) is 42.7 Å². The van der Waals surface area contributed by atoms with Crippen LogP contribution in [0.5, 0.6) is 17.2 Å². The number of phenols is 1. The Morgan fingerprint density at radius 3 is 2.68 bits per heavy atom. The highest BCUT2D eigenvalue weighted by molar-refractivity contribution is 7.91. The first kappa shape index (κ1) is 25.1. The fourth-order valence-corrected chi connectivity index (χ4v) is 6.96. The number of ether oxygens (including phenoxy) is 2. The molecule has 196 valence electrons. The molecule has 3 aromatic rings. The number of methoxy groups -OCH3 is 1. The van der Waals surface area contributed by atoms with E-state index in [1.54, 1.807) is 36.3 Å². The third-order valence-electron chi connectivity index (χ3n) is 7.07. The molecule has 37 heavy (non-hydrogen) atoms. The fraction of sp³-hybridized carbons (Fsp3) is 0.407. The van der Waals surface area contributed by atoms with Crippen LogP contribution >= 0.6 is 0 Å². The molecule has 0 bridgehead atoms. The minimum absolute atomic E-state index is 0.0401. The number of hydrogen-bond donors (Lipinski definition) is 2. The number of nitrogens with zero attached hydrogens (tertiary/aromatic N) is 2. The van der Waals surface area contributed by atoms with Crippen molar-refractivity contribution < 1.29 is 27.8 Å². The van der Waals surface area contributed by atoms with Crippen molar-refractivity contribution in [2.75, 3.05) is 25.2 Å². The van der Waals surface area contributed by atoms with Crippen LogP contribution in [0.4, 0.5) is 0 Å². The monoisotopic (exact) mass is 525 g/mol. The average Bonchev–Trinajstić information content (AvgIpc) is 3.55. The maximum atomic E-state index is 13.7. The Balaban J connectivity index is 1.60. The van der Waals surface area contributed by atoms with E-state index in [2.05, 4.69) is 17.1 Å². The molecule has 2 aliphatic heterocycles. The standard InChI is InChI=1S/C27H31N3O6S/c1-3-4-7-13-36-21-11-10-17(15-22(21)35-2)26-23-24(19-8-5-6-9-20(19)31)28-29-25(23)27(32)30(26)18-12-14-37(33,34)16-18/h5-6,8-11,15,18,26,31H,3-4,7,12-14,16H2,1-2H3,(H,28,29). The van der Waals surface area contributed by atoms with Gasteiger partial charge in [-0.1, -0.05) is 38.0 Å². The molecule has 2 aromatic carbocycles. The Labute approximate surface area is 216 Å². The summed E-state index contributed by atoms with van der Waals surface area (Å²) in [5.74, 6) is 0.819. The van der Waals surface area contributed by atoms with Gasteiger partial charge >= 0.3 is 0 Å². The summed E-state index contributed by atoms with van der Waals surface area (Å²) in [6.07, 6.45) is 3.46. The molecule has 1 fully saturated rings. The number of para-hydroxylation sites is 1. The number of unbranched alkanes of at least 4 members (excludes halogenated alkanes) is 2. The van der Waals surface area contributed by atoms with E-state index >= 15 is 0 Å². The number of carbonyl (C=O) groups is 1. The average molecular weight is 526 g/mol. The van der Waals surface area contributed by atoms with Gasteiger partial charge in [-0.25, -0.2) is 8.42 Å². The van der Waals surface area contributed by atoms with Crippen LogP contribution in [-0.4, -0.2) is 65.8 Å². The summed E-state index contributed by atoms with van der Waals surface area (Å²) in [6.45, 7) is 2.70. The predicted octanol–water partition coefficient (Wildman–Crippen LogP) is 4.09. The summed E-state index contributed by atoms with van der Waals surface area (Å²) in [5, 5.41) is 17.8. The number of aromatic nitrogens is 2. The summed E-state index contributed by atoms with van der Waals surface area (Å²) in [7, 11) is -1.68. The van der Waals surface area contributed by atoms with Crippen molar-refractivity contribution >= 4 is 15.7 Å². The minimum atomic E-state index is -3.24. The SMILES string of the molecule is CCCCCOc1ccc(C2c3c(-c4ccccc4O)n[nH]c3C(=O)N2C2CCS(=O)(=O)C2)cc1OC. The van der Waals surface area contributed by atoms with Gasteiger partial charge in [0, 0.05) is 17.2 Å². The summed E-state index contributed by atoms with van der Waals surface area (Å²) in [4.78, 5) is 15.3. The van der Waals surface area contributed by atoms with Crippen molar-refractivity contribution in [3.63, 3.8) is 0 Å². The normalized spacial score (nSPS) is 20.3. The molecule has 0 spiro atoms.